The van der Waals surface area contributed by atoms with Crippen LogP contribution in [0.2, 0.25) is 0 Å². The summed E-state index contributed by atoms with van der Waals surface area (Å²) in [6.45, 7) is 3.59. The van der Waals surface area contributed by atoms with Crippen molar-refractivity contribution in [2.75, 3.05) is 20.1 Å². The molecule has 0 saturated heterocycles. The third-order valence-corrected chi connectivity index (χ3v) is 8.45. The molecule has 2 heterocycles. The molecule has 2 aromatic carbocycles. The van der Waals surface area contributed by atoms with Crippen LogP contribution in [0.4, 0.5) is 13.2 Å². The van der Waals surface area contributed by atoms with Gasteiger partial charge in [-0.25, -0.2) is 0 Å². The molecule has 1 aliphatic carbocycles. The van der Waals surface area contributed by atoms with Crippen molar-refractivity contribution < 1.29 is 13.2 Å². The molecule has 1 fully saturated rings. The zero-order valence-electron chi connectivity index (χ0n) is 24.0. The van der Waals surface area contributed by atoms with E-state index in [-0.39, 0.29) is 0 Å². The Morgan fingerprint density at radius 1 is 0.878 bits per heavy atom. The Labute approximate surface area is 241 Å². The lowest BCUT2D eigenvalue weighted by molar-refractivity contribution is -0.137. The smallest absolute Gasteiger partial charge is 0.316 e. The summed E-state index contributed by atoms with van der Waals surface area (Å²) in [5, 5.41) is 1.07. The van der Waals surface area contributed by atoms with Gasteiger partial charge < -0.3 is 9.47 Å². The van der Waals surface area contributed by atoms with Crippen LogP contribution < -0.4 is 0 Å². The van der Waals surface area contributed by atoms with Gasteiger partial charge in [-0.2, -0.15) is 13.2 Å². The number of aromatic nitrogens is 2. The van der Waals surface area contributed by atoms with Crippen LogP contribution in [0.25, 0.3) is 16.6 Å². The molecule has 2 aromatic heterocycles. The minimum Gasteiger partial charge on any atom is -0.316 e. The molecule has 0 spiro atoms. The first-order valence-corrected chi connectivity index (χ1v) is 15.0. The summed E-state index contributed by atoms with van der Waals surface area (Å²) in [6.07, 6.45) is 11.6. The first-order valence-electron chi connectivity index (χ1n) is 15.0. The van der Waals surface area contributed by atoms with Gasteiger partial charge in [-0.3, -0.25) is 9.88 Å². The molecule has 41 heavy (non-hydrogen) atoms. The number of halogens is 3. The standard InChI is InChI=1S/C34H41F3N4/c1-39(30-14-4-2-5-15-30)20-8-3-9-21-40(24-27-12-11-19-38-23-27)25-28-26-41(33-18-7-6-17-32(28)33)31-16-10-13-29(22-31)34(35,36)37/h6-7,10-13,16-19,22-23,26,30H,2-5,8-9,14-15,20-21,24-25H2,1H3. The van der Waals surface area contributed by atoms with Gasteiger partial charge in [0.1, 0.15) is 0 Å². The van der Waals surface area contributed by atoms with Crippen LogP contribution in [0.15, 0.2) is 79.3 Å². The summed E-state index contributed by atoms with van der Waals surface area (Å²) in [4.78, 5) is 9.32. The van der Waals surface area contributed by atoms with Crippen molar-refractivity contribution in [2.24, 2.45) is 0 Å². The van der Waals surface area contributed by atoms with Gasteiger partial charge in [-0.05, 0) is 87.3 Å². The Hall–Kier alpha value is -3.16. The molecule has 4 nitrogen and oxygen atoms in total. The summed E-state index contributed by atoms with van der Waals surface area (Å²) < 4.78 is 42.3. The topological polar surface area (TPSA) is 24.3 Å². The largest absolute Gasteiger partial charge is 0.416 e. The van der Waals surface area contributed by atoms with Crippen LogP contribution >= 0.6 is 0 Å². The van der Waals surface area contributed by atoms with E-state index in [1.54, 1.807) is 12.3 Å². The molecule has 5 rings (SSSR count). The number of rotatable bonds is 12. The van der Waals surface area contributed by atoms with E-state index >= 15 is 0 Å². The van der Waals surface area contributed by atoms with Gasteiger partial charge in [0.25, 0.3) is 0 Å². The summed E-state index contributed by atoms with van der Waals surface area (Å²) in [5.41, 5.74) is 3.06. The van der Waals surface area contributed by atoms with Crippen molar-refractivity contribution in [2.45, 2.75) is 76.7 Å². The van der Waals surface area contributed by atoms with Crippen LogP contribution in [0, 0.1) is 0 Å². The number of alkyl halides is 3. The van der Waals surface area contributed by atoms with E-state index in [1.807, 2.05) is 41.2 Å². The summed E-state index contributed by atoms with van der Waals surface area (Å²) in [6, 6.07) is 18.4. The van der Waals surface area contributed by atoms with E-state index in [1.165, 1.54) is 57.1 Å². The number of hydrogen-bond acceptors (Lipinski definition) is 3. The predicted molar refractivity (Wildman–Crippen MR) is 160 cm³/mol. The molecule has 0 amide bonds. The fourth-order valence-corrected chi connectivity index (χ4v) is 6.20. The van der Waals surface area contributed by atoms with E-state index in [0.717, 1.165) is 60.2 Å². The highest BCUT2D eigenvalue weighted by Crippen LogP contribution is 2.32. The van der Waals surface area contributed by atoms with Gasteiger partial charge in [0.2, 0.25) is 0 Å². The van der Waals surface area contributed by atoms with E-state index < -0.39 is 11.7 Å². The van der Waals surface area contributed by atoms with E-state index in [0.29, 0.717) is 12.2 Å². The number of pyridine rings is 1. The highest BCUT2D eigenvalue weighted by atomic mass is 19.4. The second-order valence-electron chi connectivity index (χ2n) is 11.5. The summed E-state index contributed by atoms with van der Waals surface area (Å²) >= 11 is 0. The molecule has 4 aromatic rings. The number of fused-ring (bicyclic) bond motifs is 1. The fraction of sp³-hybridized carbons (Fsp3) is 0.441. The van der Waals surface area contributed by atoms with Crippen molar-refractivity contribution in [3.63, 3.8) is 0 Å². The highest BCUT2D eigenvalue weighted by molar-refractivity contribution is 5.85. The first kappa shape index (κ1) is 29.3. The van der Waals surface area contributed by atoms with Gasteiger partial charge >= 0.3 is 6.18 Å². The molecule has 0 aliphatic heterocycles. The van der Waals surface area contributed by atoms with E-state index in [9.17, 15) is 13.2 Å². The Morgan fingerprint density at radius 3 is 2.46 bits per heavy atom. The molecular weight excluding hydrogens is 521 g/mol. The maximum absolute atomic E-state index is 13.5. The molecular formula is C34H41F3N4. The third-order valence-electron chi connectivity index (χ3n) is 8.45. The monoisotopic (exact) mass is 562 g/mol. The lowest BCUT2D eigenvalue weighted by Crippen LogP contribution is -2.34. The molecule has 7 heteroatoms. The lowest BCUT2D eigenvalue weighted by atomic mass is 9.94. The highest BCUT2D eigenvalue weighted by Gasteiger charge is 2.30. The maximum atomic E-state index is 13.5. The van der Waals surface area contributed by atoms with Gasteiger partial charge in [-0.1, -0.05) is 56.0 Å². The quantitative estimate of drug-likeness (QED) is 0.162. The Kier molecular flexibility index (Phi) is 9.78. The molecule has 1 aliphatic rings. The second kappa shape index (κ2) is 13.7. The van der Waals surface area contributed by atoms with Crippen molar-refractivity contribution in [1.29, 1.82) is 0 Å². The number of benzene rings is 2. The second-order valence-corrected chi connectivity index (χ2v) is 11.5. The maximum Gasteiger partial charge on any atom is 0.416 e. The number of nitrogens with zero attached hydrogens (tertiary/aromatic N) is 4. The molecule has 218 valence electrons. The van der Waals surface area contributed by atoms with Crippen molar-refractivity contribution in [1.82, 2.24) is 19.4 Å². The van der Waals surface area contributed by atoms with Crippen molar-refractivity contribution >= 4 is 10.9 Å². The van der Waals surface area contributed by atoms with Crippen LogP contribution in [0.3, 0.4) is 0 Å². The van der Waals surface area contributed by atoms with Gasteiger partial charge in [0.05, 0.1) is 11.1 Å². The average molecular weight is 563 g/mol. The van der Waals surface area contributed by atoms with Gasteiger partial charge in [0.15, 0.2) is 0 Å². The molecule has 0 bridgehead atoms. The fourth-order valence-electron chi connectivity index (χ4n) is 6.20. The van der Waals surface area contributed by atoms with Gasteiger partial charge in [0, 0.05) is 48.8 Å². The predicted octanol–water partition coefficient (Wildman–Crippen LogP) is 8.48. The number of unbranched alkanes of at least 4 members (excludes halogenated alkanes) is 2. The minimum atomic E-state index is -4.38. The number of para-hydroxylation sites is 1. The Morgan fingerprint density at radius 2 is 1.68 bits per heavy atom. The minimum absolute atomic E-state index is 0.517. The zero-order chi connectivity index (χ0) is 28.7. The normalized spacial score (nSPS) is 14.9. The average Bonchev–Trinajstić information content (AvgIpc) is 3.35. The molecule has 0 radical (unpaired) electrons. The van der Waals surface area contributed by atoms with Crippen molar-refractivity contribution in [3.05, 3.63) is 95.9 Å². The SMILES string of the molecule is CN(CCCCCN(Cc1cccnc1)Cc1cn(-c2cccc(C(F)(F)F)c2)c2ccccc12)C1CCCCC1. The van der Waals surface area contributed by atoms with Gasteiger partial charge in [-0.15, -0.1) is 0 Å². The van der Waals surface area contributed by atoms with Crippen molar-refractivity contribution in [3.8, 4) is 5.69 Å². The third kappa shape index (κ3) is 7.77. The molecule has 0 atom stereocenters. The molecule has 0 unspecified atom stereocenters. The molecule has 1 saturated carbocycles. The van der Waals surface area contributed by atoms with Crippen LogP contribution in [-0.4, -0.2) is 45.5 Å². The first-order chi connectivity index (χ1) is 19.9. The van der Waals surface area contributed by atoms with Crippen LogP contribution in [-0.2, 0) is 19.3 Å². The summed E-state index contributed by atoms with van der Waals surface area (Å²) in [5.74, 6) is 0. The number of hydrogen-bond donors (Lipinski definition) is 0. The Balaban J connectivity index is 1.30. The van der Waals surface area contributed by atoms with Crippen LogP contribution in [0.1, 0.15) is 68.1 Å². The zero-order valence-corrected chi connectivity index (χ0v) is 24.0. The Bertz CT molecular complexity index is 1380. The van der Waals surface area contributed by atoms with Crippen LogP contribution in [0.5, 0.6) is 0 Å². The van der Waals surface area contributed by atoms with E-state index in [2.05, 4.69) is 34.0 Å². The molecule has 0 N–H and O–H groups in total. The summed E-state index contributed by atoms with van der Waals surface area (Å²) in [7, 11) is 2.28. The van der Waals surface area contributed by atoms with E-state index in [4.69, 9.17) is 0 Å². The lowest BCUT2D eigenvalue weighted by Gasteiger charge is -2.31.